The number of rotatable bonds is 8. The molecule has 0 aromatic heterocycles. The standard InChI is InChI=1S/C14H22FNO3/c1-4-16-10(2)13-6-5-12(7-14(13)15)19-9-11(17)8-18-3/h5-7,10-11,16-17H,4,8-9H2,1-3H3. The van der Waals surface area contributed by atoms with E-state index in [2.05, 4.69) is 5.32 Å². The van der Waals surface area contributed by atoms with Crippen molar-refractivity contribution >= 4 is 0 Å². The fourth-order valence-corrected chi connectivity index (χ4v) is 1.80. The largest absolute Gasteiger partial charge is 0.491 e. The van der Waals surface area contributed by atoms with Gasteiger partial charge in [0, 0.05) is 24.8 Å². The summed E-state index contributed by atoms with van der Waals surface area (Å²) in [6.45, 7) is 4.93. The number of hydrogen-bond acceptors (Lipinski definition) is 4. The van der Waals surface area contributed by atoms with Crippen LogP contribution in [0.25, 0.3) is 0 Å². The molecule has 1 aromatic carbocycles. The Morgan fingerprint density at radius 1 is 1.37 bits per heavy atom. The topological polar surface area (TPSA) is 50.7 Å². The van der Waals surface area contributed by atoms with Crippen LogP contribution in [0.5, 0.6) is 5.75 Å². The lowest BCUT2D eigenvalue weighted by Crippen LogP contribution is -2.22. The maximum atomic E-state index is 13.9. The average Bonchev–Trinajstić information content (AvgIpc) is 2.37. The SMILES string of the molecule is CCNC(C)c1ccc(OCC(O)COC)cc1F. The molecule has 0 aliphatic carbocycles. The van der Waals surface area contributed by atoms with E-state index in [1.165, 1.54) is 13.2 Å². The maximum absolute atomic E-state index is 13.9. The Balaban J connectivity index is 2.61. The van der Waals surface area contributed by atoms with E-state index in [4.69, 9.17) is 9.47 Å². The molecule has 0 saturated heterocycles. The van der Waals surface area contributed by atoms with Crippen LogP contribution in [-0.2, 0) is 4.74 Å². The molecule has 2 atom stereocenters. The van der Waals surface area contributed by atoms with Crippen molar-refractivity contribution in [2.75, 3.05) is 26.9 Å². The lowest BCUT2D eigenvalue weighted by Gasteiger charge is -2.15. The summed E-state index contributed by atoms with van der Waals surface area (Å²) >= 11 is 0. The summed E-state index contributed by atoms with van der Waals surface area (Å²) < 4.78 is 24.0. The van der Waals surface area contributed by atoms with Gasteiger partial charge < -0.3 is 19.9 Å². The van der Waals surface area contributed by atoms with E-state index in [0.717, 1.165) is 6.54 Å². The smallest absolute Gasteiger partial charge is 0.131 e. The molecular weight excluding hydrogens is 249 g/mol. The minimum Gasteiger partial charge on any atom is -0.491 e. The first-order valence-electron chi connectivity index (χ1n) is 6.41. The Morgan fingerprint density at radius 3 is 2.68 bits per heavy atom. The molecule has 1 rings (SSSR count). The van der Waals surface area contributed by atoms with Gasteiger partial charge in [0.05, 0.1) is 6.61 Å². The molecule has 0 saturated carbocycles. The lowest BCUT2D eigenvalue weighted by atomic mass is 10.1. The molecule has 0 fully saturated rings. The zero-order chi connectivity index (χ0) is 14.3. The Bertz CT molecular complexity index is 387. The van der Waals surface area contributed by atoms with E-state index in [9.17, 15) is 9.50 Å². The van der Waals surface area contributed by atoms with Crippen molar-refractivity contribution < 1.29 is 19.0 Å². The quantitative estimate of drug-likeness (QED) is 0.758. The highest BCUT2D eigenvalue weighted by atomic mass is 19.1. The van der Waals surface area contributed by atoms with Gasteiger partial charge in [-0.2, -0.15) is 0 Å². The molecule has 2 unspecified atom stereocenters. The van der Waals surface area contributed by atoms with Gasteiger partial charge in [0.25, 0.3) is 0 Å². The summed E-state index contributed by atoms with van der Waals surface area (Å²) in [6, 6.07) is 4.69. The molecule has 0 aliphatic rings. The molecular formula is C14H22FNO3. The molecule has 0 spiro atoms. The third kappa shape index (κ3) is 5.14. The molecule has 19 heavy (non-hydrogen) atoms. The molecule has 1 aromatic rings. The normalized spacial score (nSPS) is 14.2. The van der Waals surface area contributed by atoms with Gasteiger partial charge in [-0.3, -0.25) is 0 Å². The number of aliphatic hydroxyl groups is 1. The van der Waals surface area contributed by atoms with Gasteiger partial charge in [-0.05, 0) is 19.5 Å². The van der Waals surface area contributed by atoms with Crippen LogP contribution < -0.4 is 10.1 Å². The molecule has 2 N–H and O–H groups in total. The Morgan fingerprint density at radius 2 is 2.11 bits per heavy atom. The van der Waals surface area contributed by atoms with Crippen LogP contribution in [0.2, 0.25) is 0 Å². The van der Waals surface area contributed by atoms with Crippen LogP contribution in [0.4, 0.5) is 4.39 Å². The monoisotopic (exact) mass is 271 g/mol. The molecule has 5 heteroatoms. The summed E-state index contributed by atoms with van der Waals surface area (Å²) in [5.41, 5.74) is 0.603. The fraction of sp³-hybridized carbons (Fsp3) is 0.571. The highest BCUT2D eigenvalue weighted by Crippen LogP contribution is 2.21. The van der Waals surface area contributed by atoms with E-state index < -0.39 is 6.10 Å². The Hall–Kier alpha value is -1.17. The summed E-state index contributed by atoms with van der Waals surface area (Å²) in [7, 11) is 1.50. The second-order valence-corrected chi connectivity index (χ2v) is 4.38. The van der Waals surface area contributed by atoms with Gasteiger partial charge in [-0.1, -0.05) is 13.0 Å². The van der Waals surface area contributed by atoms with Crippen molar-refractivity contribution in [1.82, 2.24) is 5.32 Å². The van der Waals surface area contributed by atoms with Crippen LogP contribution in [0.1, 0.15) is 25.5 Å². The van der Waals surface area contributed by atoms with E-state index in [-0.39, 0.29) is 25.1 Å². The number of aliphatic hydroxyl groups excluding tert-OH is 1. The highest BCUT2D eigenvalue weighted by Gasteiger charge is 2.11. The van der Waals surface area contributed by atoms with E-state index in [1.807, 2.05) is 13.8 Å². The number of nitrogens with one attached hydrogen (secondary N) is 1. The molecule has 0 heterocycles. The number of halogens is 1. The molecule has 108 valence electrons. The molecule has 4 nitrogen and oxygen atoms in total. The Kier molecular flexibility index (Phi) is 6.77. The summed E-state index contributed by atoms with van der Waals surface area (Å²) in [5, 5.41) is 12.6. The second kappa shape index (κ2) is 8.09. The third-order valence-electron chi connectivity index (χ3n) is 2.75. The van der Waals surface area contributed by atoms with Crippen LogP contribution >= 0.6 is 0 Å². The number of hydrogen-bond donors (Lipinski definition) is 2. The van der Waals surface area contributed by atoms with Crippen molar-refractivity contribution in [3.8, 4) is 5.75 Å². The predicted molar refractivity (Wildman–Crippen MR) is 71.9 cm³/mol. The van der Waals surface area contributed by atoms with Crippen LogP contribution in [-0.4, -0.2) is 38.1 Å². The molecule has 0 radical (unpaired) electrons. The highest BCUT2D eigenvalue weighted by molar-refractivity contribution is 5.30. The van der Waals surface area contributed by atoms with Gasteiger partial charge in [-0.15, -0.1) is 0 Å². The van der Waals surface area contributed by atoms with Crippen LogP contribution in [0.15, 0.2) is 18.2 Å². The fourth-order valence-electron chi connectivity index (χ4n) is 1.80. The van der Waals surface area contributed by atoms with E-state index in [0.29, 0.717) is 11.3 Å². The molecule has 0 bridgehead atoms. The summed E-state index contributed by atoms with van der Waals surface area (Å²) in [5.74, 6) is 0.0901. The van der Waals surface area contributed by atoms with Crippen molar-refractivity contribution in [3.05, 3.63) is 29.6 Å². The van der Waals surface area contributed by atoms with Gasteiger partial charge in [0.1, 0.15) is 24.3 Å². The maximum Gasteiger partial charge on any atom is 0.131 e. The van der Waals surface area contributed by atoms with Crippen LogP contribution in [0.3, 0.4) is 0 Å². The average molecular weight is 271 g/mol. The first-order chi connectivity index (χ1) is 9.08. The van der Waals surface area contributed by atoms with Gasteiger partial charge >= 0.3 is 0 Å². The van der Waals surface area contributed by atoms with Crippen molar-refractivity contribution in [3.63, 3.8) is 0 Å². The first-order valence-corrected chi connectivity index (χ1v) is 6.41. The van der Waals surface area contributed by atoms with Crippen molar-refractivity contribution in [1.29, 1.82) is 0 Å². The van der Waals surface area contributed by atoms with Crippen molar-refractivity contribution in [2.45, 2.75) is 26.0 Å². The lowest BCUT2D eigenvalue weighted by molar-refractivity contribution is 0.0324. The van der Waals surface area contributed by atoms with E-state index in [1.54, 1.807) is 12.1 Å². The van der Waals surface area contributed by atoms with Crippen LogP contribution in [0, 0.1) is 5.82 Å². The predicted octanol–water partition coefficient (Wildman–Crippen LogP) is 1.88. The minimum atomic E-state index is -0.714. The minimum absolute atomic E-state index is 0.0434. The Labute approximate surface area is 113 Å². The summed E-state index contributed by atoms with van der Waals surface area (Å²) in [6.07, 6.45) is -0.714. The third-order valence-corrected chi connectivity index (χ3v) is 2.75. The summed E-state index contributed by atoms with van der Waals surface area (Å²) in [4.78, 5) is 0. The zero-order valence-corrected chi connectivity index (χ0v) is 11.6. The first kappa shape index (κ1) is 15.9. The van der Waals surface area contributed by atoms with E-state index >= 15 is 0 Å². The van der Waals surface area contributed by atoms with Gasteiger partial charge in [-0.25, -0.2) is 4.39 Å². The molecule has 0 amide bonds. The number of methoxy groups -OCH3 is 1. The zero-order valence-electron chi connectivity index (χ0n) is 11.6. The van der Waals surface area contributed by atoms with Crippen molar-refractivity contribution in [2.24, 2.45) is 0 Å². The number of benzene rings is 1. The van der Waals surface area contributed by atoms with Gasteiger partial charge in [0.15, 0.2) is 0 Å². The second-order valence-electron chi connectivity index (χ2n) is 4.38. The number of ether oxygens (including phenoxy) is 2. The van der Waals surface area contributed by atoms with Gasteiger partial charge in [0.2, 0.25) is 0 Å². The molecule has 0 aliphatic heterocycles.